The highest BCUT2D eigenvalue weighted by Crippen LogP contribution is 2.25. The van der Waals surface area contributed by atoms with E-state index >= 15 is 0 Å². The van der Waals surface area contributed by atoms with E-state index < -0.39 is 8.32 Å². The Morgan fingerprint density at radius 2 is 1.52 bits per heavy atom. The molecule has 0 radical (unpaired) electrons. The van der Waals surface area contributed by atoms with Crippen LogP contribution in [0, 0.1) is 0 Å². The standard InChI is InChI=1S/C17H34O3Si/c1-7-16(8-2)19-15-17(13-14-18-9-3)20-21(10-4,11-5)12-6/h13-16H,7-12H2,1-6H3/b14-13+,17-15-. The molecule has 0 saturated heterocycles. The fraction of sp³-hybridized carbons (Fsp3) is 0.765. The fourth-order valence-electron chi connectivity index (χ4n) is 2.17. The van der Waals surface area contributed by atoms with Crippen molar-refractivity contribution in [3.8, 4) is 0 Å². The summed E-state index contributed by atoms with van der Waals surface area (Å²) >= 11 is 0. The van der Waals surface area contributed by atoms with Crippen molar-refractivity contribution in [2.45, 2.75) is 78.6 Å². The van der Waals surface area contributed by atoms with Gasteiger partial charge in [-0.25, -0.2) is 0 Å². The highest BCUT2D eigenvalue weighted by molar-refractivity contribution is 6.73. The van der Waals surface area contributed by atoms with Crippen LogP contribution >= 0.6 is 0 Å². The van der Waals surface area contributed by atoms with E-state index in [0.717, 1.165) is 36.7 Å². The quantitative estimate of drug-likeness (QED) is 0.266. The van der Waals surface area contributed by atoms with Crippen LogP contribution in [0.3, 0.4) is 0 Å². The third-order valence-corrected chi connectivity index (χ3v) is 8.58. The van der Waals surface area contributed by atoms with Gasteiger partial charge < -0.3 is 13.9 Å². The summed E-state index contributed by atoms with van der Waals surface area (Å²) < 4.78 is 17.5. The lowest BCUT2D eigenvalue weighted by molar-refractivity contribution is 0.129. The highest BCUT2D eigenvalue weighted by Gasteiger charge is 2.31. The largest absolute Gasteiger partial charge is 0.541 e. The van der Waals surface area contributed by atoms with Gasteiger partial charge >= 0.3 is 0 Å². The van der Waals surface area contributed by atoms with Gasteiger partial charge in [-0.05, 0) is 37.9 Å². The first-order valence-corrected chi connectivity index (χ1v) is 11.0. The molecule has 0 fully saturated rings. The van der Waals surface area contributed by atoms with Crippen molar-refractivity contribution in [1.82, 2.24) is 0 Å². The Hall–Kier alpha value is -0.903. The van der Waals surface area contributed by atoms with Crippen LogP contribution in [0.15, 0.2) is 24.4 Å². The summed E-state index contributed by atoms with van der Waals surface area (Å²) in [6.07, 6.45) is 7.62. The second kappa shape index (κ2) is 11.7. The van der Waals surface area contributed by atoms with Gasteiger partial charge in [0.2, 0.25) is 0 Å². The van der Waals surface area contributed by atoms with Gasteiger partial charge in [-0.1, -0.05) is 34.6 Å². The summed E-state index contributed by atoms with van der Waals surface area (Å²) in [6.45, 7) is 13.6. The molecule has 0 bridgehead atoms. The zero-order chi connectivity index (χ0) is 16.1. The molecule has 0 spiro atoms. The lowest BCUT2D eigenvalue weighted by Gasteiger charge is -2.29. The molecule has 0 rings (SSSR count). The van der Waals surface area contributed by atoms with Crippen LogP contribution in [-0.2, 0) is 13.9 Å². The number of allylic oxidation sites excluding steroid dienone is 1. The molecule has 0 aliphatic heterocycles. The molecule has 124 valence electrons. The minimum absolute atomic E-state index is 0.255. The first kappa shape index (κ1) is 20.1. The predicted molar refractivity (Wildman–Crippen MR) is 92.6 cm³/mol. The Morgan fingerprint density at radius 1 is 0.952 bits per heavy atom. The predicted octanol–water partition coefficient (Wildman–Crippen LogP) is 5.61. The Bertz CT molecular complexity index is 297. The third-order valence-electron chi connectivity index (χ3n) is 4.05. The topological polar surface area (TPSA) is 27.7 Å². The van der Waals surface area contributed by atoms with Crippen molar-refractivity contribution in [3.63, 3.8) is 0 Å². The Labute approximate surface area is 132 Å². The maximum atomic E-state index is 6.38. The minimum atomic E-state index is -1.69. The van der Waals surface area contributed by atoms with Crippen molar-refractivity contribution >= 4 is 8.32 Å². The van der Waals surface area contributed by atoms with Crippen LogP contribution in [0.2, 0.25) is 18.1 Å². The summed E-state index contributed by atoms with van der Waals surface area (Å²) in [5, 5.41) is 0. The van der Waals surface area contributed by atoms with E-state index in [2.05, 4.69) is 34.6 Å². The van der Waals surface area contributed by atoms with Crippen LogP contribution in [-0.4, -0.2) is 21.0 Å². The average molecular weight is 315 g/mol. The van der Waals surface area contributed by atoms with Crippen molar-refractivity contribution in [2.24, 2.45) is 0 Å². The second-order valence-electron chi connectivity index (χ2n) is 5.20. The lowest BCUT2D eigenvalue weighted by Crippen LogP contribution is -2.35. The number of hydrogen-bond acceptors (Lipinski definition) is 3. The van der Waals surface area contributed by atoms with Crippen LogP contribution in [0.5, 0.6) is 0 Å². The van der Waals surface area contributed by atoms with Crippen molar-refractivity contribution in [2.75, 3.05) is 6.61 Å². The van der Waals surface area contributed by atoms with Crippen LogP contribution < -0.4 is 0 Å². The fourth-order valence-corrected chi connectivity index (χ4v) is 4.72. The van der Waals surface area contributed by atoms with Crippen LogP contribution in [0.25, 0.3) is 0 Å². The van der Waals surface area contributed by atoms with Crippen LogP contribution in [0.4, 0.5) is 0 Å². The zero-order valence-corrected chi connectivity index (χ0v) is 15.8. The summed E-state index contributed by atoms with van der Waals surface area (Å²) in [4.78, 5) is 0. The van der Waals surface area contributed by atoms with E-state index in [1.54, 1.807) is 12.5 Å². The van der Waals surface area contributed by atoms with Gasteiger partial charge in [0.25, 0.3) is 8.32 Å². The lowest BCUT2D eigenvalue weighted by atomic mass is 10.2. The number of rotatable bonds is 12. The molecule has 0 unspecified atom stereocenters. The molecule has 0 N–H and O–H groups in total. The van der Waals surface area contributed by atoms with Gasteiger partial charge in [-0.2, -0.15) is 0 Å². The maximum absolute atomic E-state index is 6.38. The SMILES string of the molecule is CCO/C=C/C(=C/OC(CC)CC)O[Si](CC)(CC)CC. The van der Waals surface area contributed by atoms with E-state index in [1.165, 1.54) is 0 Å². The Balaban J connectivity index is 4.99. The number of hydrogen-bond donors (Lipinski definition) is 0. The van der Waals surface area contributed by atoms with Gasteiger partial charge in [-0.3, -0.25) is 0 Å². The molecule has 0 aliphatic carbocycles. The Morgan fingerprint density at radius 3 is 1.95 bits per heavy atom. The van der Waals surface area contributed by atoms with Gasteiger partial charge in [-0.15, -0.1) is 0 Å². The molecule has 0 aliphatic rings. The monoisotopic (exact) mass is 314 g/mol. The van der Waals surface area contributed by atoms with Crippen molar-refractivity contribution in [3.05, 3.63) is 24.4 Å². The summed E-state index contributed by atoms with van der Waals surface area (Å²) in [7, 11) is -1.69. The zero-order valence-electron chi connectivity index (χ0n) is 14.8. The molecular weight excluding hydrogens is 280 g/mol. The summed E-state index contributed by atoms with van der Waals surface area (Å²) in [6, 6.07) is 3.35. The summed E-state index contributed by atoms with van der Waals surface area (Å²) in [5.41, 5.74) is 0. The molecule has 0 aromatic rings. The first-order valence-electron chi connectivity index (χ1n) is 8.43. The highest BCUT2D eigenvalue weighted by atomic mass is 28.4. The van der Waals surface area contributed by atoms with Crippen molar-refractivity contribution < 1.29 is 13.9 Å². The molecule has 0 saturated carbocycles. The number of ether oxygens (including phenoxy) is 2. The van der Waals surface area contributed by atoms with E-state index in [1.807, 2.05) is 13.0 Å². The van der Waals surface area contributed by atoms with E-state index in [9.17, 15) is 0 Å². The summed E-state index contributed by atoms with van der Waals surface area (Å²) in [5.74, 6) is 0.799. The molecule has 0 atom stereocenters. The normalized spacial score (nSPS) is 13.0. The van der Waals surface area contributed by atoms with E-state index in [-0.39, 0.29) is 6.10 Å². The molecule has 4 heteroatoms. The molecule has 3 nitrogen and oxygen atoms in total. The van der Waals surface area contributed by atoms with Crippen LogP contribution in [0.1, 0.15) is 54.4 Å². The van der Waals surface area contributed by atoms with Gasteiger partial charge in [0, 0.05) is 6.08 Å². The molecule has 21 heavy (non-hydrogen) atoms. The van der Waals surface area contributed by atoms with Crippen molar-refractivity contribution in [1.29, 1.82) is 0 Å². The molecule has 0 aromatic heterocycles. The molecule has 0 heterocycles. The minimum Gasteiger partial charge on any atom is -0.541 e. The van der Waals surface area contributed by atoms with Gasteiger partial charge in [0.1, 0.15) is 12.0 Å². The molecule has 0 amide bonds. The van der Waals surface area contributed by atoms with Gasteiger partial charge in [0.05, 0.1) is 19.0 Å². The molecular formula is C17H34O3Si. The van der Waals surface area contributed by atoms with E-state index in [4.69, 9.17) is 13.9 Å². The average Bonchev–Trinajstić information content (AvgIpc) is 2.53. The maximum Gasteiger partial charge on any atom is 0.250 e. The first-order chi connectivity index (χ1) is 10.1. The Kier molecular flexibility index (Phi) is 11.2. The van der Waals surface area contributed by atoms with Gasteiger partial charge in [0.15, 0.2) is 0 Å². The molecule has 0 aromatic carbocycles. The third kappa shape index (κ3) is 7.60. The van der Waals surface area contributed by atoms with E-state index in [0.29, 0.717) is 6.61 Å². The second-order valence-corrected chi connectivity index (χ2v) is 9.89. The smallest absolute Gasteiger partial charge is 0.250 e.